The first-order valence-electron chi connectivity index (χ1n) is 0.954. The first-order chi connectivity index (χ1) is 1.73. The second-order valence-electron chi connectivity index (χ2n) is 0.556. The molecule has 0 aromatic carbocycles. The van der Waals surface area contributed by atoms with Crippen LogP contribution in [-0.2, 0) is 0 Å². The van der Waals surface area contributed by atoms with Crippen molar-refractivity contribution in [1.29, 1.82) is 0 Å². The quantitative estimate of drug-likeness (QED) is 0.336. The number of hydrogen-bond donors (Lipinski definition) is 0. The van der Waals surface area contributed by atoms with Crippen LogP contribution in [0.3, 0.4) is 0 Å². The SMILES string of the molecule is CC(=P)[Se]. The van der Waals surface area contributed by atoms with E-state index in [-0.39, 0.29) is 0 Å². The van der Waals surface area contributed by atoms with E-state index in [1.807, 2.05) is 6.92 Å². The van der Waals surface area contributed by atoms with Crippen LogP contribution in [0.15, 0.2) is 0 Å². The molecule has 0 nitrogen and oxygen atoms in total. The number of rotatable bonds is 0. The topological polar surface area (TPSA) is 0 Å². The van der Waals surface area contributed by atoms with Gasteiger partial charge >= 0.3 is 36.0 Å². The average molecular weight is 138 g/mol. The Kier molecular flexibility index (Phi) is 2.30. The van der Waals surface area contributed by atoms with E-state index in [4.69, 9.17) is 0 Å². The molecule has 0 aromatic rings. The van der Waals surface area contributed by atoms with Crippen LogP contribution in [0.4, 0.5) is 0 Å². The van der Waals surface area contributed by atoms with E-state index in [0.29, 0.717) is 0 Å². The molecule has 0 aromatic heterocycles. The van der Waals surface area contributed by atoms with E-state index in [0.717, 1.165) is 4.19 Å². The van der Waals surface area contributed by atoms with Gasteiger partial charge in [-0.1, -0.05) is 0 Å². The zero-order valence-electron chi connectivity index (χ0n) is 2.41. The van der Waals surface area contributed by atoms with Crippen molar-refractivity contribution in [2.75, 3.05) is 0 Å². The van der Waals surface area contributed by atoms with Crippen molar-refractivity contribution < 1.29 is 0 Å². The third-order valence-corrected chi connectivity index (χ3v) is 0. The fraction of sp³-hybridized carbons (Fsp3) is 0.500. The van der Waals surface area contributed by atoms with E-state index in [9.17, 15) is 0 Å². The van der Waals surface area contributed by atoms with Crippen molar-refractivity contribution in [3.05, 3.63) is 0 Å². The van der Waals surface area contributed by atoms with Crippen LogP contribution in [-0.4, -0.2) is 20.2 Å². The predicted molar refractivity (Wildman–Crippen MR) is 24.7 cm³/mol. The van der Waals surface area contributed by atoms with Gasteiger partial charge in [-0.25, -0.2) is 0 Å². The Bertz CT molecular complexity index is 29.0. The molecule has 23 valence electrons. The summed E-state index contributed by atoms with van der Waals surface area (Å²) >= 11 is 2.73. The van der Waals surface area contributed by atoms with Gasteiger partial charge in [0.1, 0.15) is 0 Å². The minimum absolute atomic E-state index is 1.10. The third-order valence-electron chi connectivity index (χ3n) is 0. The van der Waals surface area contributed by atoms with Gasteiger partial charge in [-0.15, -0.1) is 0 Å². The molecule has 0 saturated heterocycles. The normalized spacial score (nSPS) is 6.50. The summed E-state index contributed by atoms with van der Waals surface area (Å²) in [6.07, 6.45) is 0. The van der Waals surface area contributed by atoms with Gasteiger partial charge in [0, 0.05) is 0 Å². The van der Waals surface area contributed by atoms with Crippen molar-refractivity contribution in [1.82, 2.24) is 0 Å². The van der Waals surface area contributed by atoms with Crippen molar-refractivity contribution in [3.63, 3.8) is 0 Å². The van der Waals surface area contributed by atoms with Crippen molar-refractivity contribution in [2.24, 2.45) is 0 Å². The zero-order chi connectivity index (χ0) is 3.58. The van der Waals surface area contributed by atoms with Gasteiger partial charge in [-0.3, -0.25) is 0 Å². The van der Waals surface area contributed by atoms with Crippen LogP contribution >= 0.6 is 8.86 Å². The van der Waals surface area contributed by atoms with Gasteiger partial charge < -0.3 is 0 Å². The third kappa shape index (κ3) is 16.1. The summed E-state index contributed by atoms with van der Waals surface area (Å²) in [5.74, 6) is 0. The van der Waals surface area contributed by atoms with Gasteiger partial charge in [0.25, 0.3) is 0 Å². The maximum absolute atomic E-state index is 3.17. The molecule has 0 spiro atoms. The molecule has 0 atom stereocenters. The Morgan fingerprint density at radius 3 is 2.00 bits per heavy atom. The van der Waals surface area contributed by atoms with Crippen LogP contribution in [0, 0.1) is 0 Å². The Balaban J connectivity index is 2.80. The molecule has 0 aliphatic rings. The second kappa shape index (κ2) is 1.96. The molecule has 1 radical (unpaired) electrons. The fourth-order valence-corrected chi connectivity index (χ4v) is 0. The maximum atomic E-state index is 3.17. The van der Waals surface area contributed by atoms with Crippen LogP contribution in [0.25, 0.3) is 0 Å². The molecular formula is C2H4PSe. The Morgan fingerprint density at radius 2 is 2.00 bits per heavy atom. The Labute approximate surface area is 36.6 Å². The summed E-state index contributed by atoms with van der Waals surface area (Å²) in [5, 5.41) is 0. The monoisotopic (exact) mass is 139 g/mol. The average Bonchev–Trinajstić information content (AvgIpc) is 0.811. The molecule has 0 bridgehead atoms. The van der Waals surface area contributed by atoms with Crippen LogP contribution in [0.1, 0.15) is 6.92 Å². The first kappa shape index (κ1) is 4.69. The van der Waals surface area contributed by atoms with Gasteiger partial charge in [-0.05, 0) is 0 Å². The van der Waals surface area contributed by atoms with E-state index in [1.54, 1.807) is 0 Å². The van der Waals surface area contributed by atoms with Crippen molar-refractivity contribution in [2.45, 2.75) is 6.92 Å². The van der Waals surface area contributed by atoms with Gasteiger partial charge in [0.2, 0.25) is 0 Å². The van der Waals surface area contributed by atoms with E-state index in [1.165, 1.54) is 0 Å². The van der Waals surface area contributed by atoms with E-state index < -0.39 is 0 Å². The molecule has 0 rings (SSSR count). The summed E-state index contributed by atoms with van der Waals surface area (Å²) in [6.45, 7) is 1.94. The van der Waals surface area contributed by atoms with Gasteiger partial charge in [0.15, 0.2) is 0 Å². The summed E-state index contributed by atoms with van der Waals surface area (Å²) in [7, 11) is 3.17. The molecule has 0 heterocycles. The molecule has 0 aliphatic heterocycles. The second-order valence-corrected chi connectivity index (χ2v) is 3.40. The molecule has 0 unspecified atom stereocenters. The molecule has 0 aliphatic carbocycles. The summed E-state index contributed by atoms with van der Waals surface area (Å²) in [5.41, 5.74) is 0. The molecular weight excluding hydrogens is 134 g/mol. The summed E-state index contributed by atoms with van der Waals surface area (Å²) < 4.78 is 1.10. The first-order valence-corrected chi connectivity index (χ1v) is 2.31. The van der Waals surface area contributed by atoms with Crippen LogP contribution in [0.5, 0.6) is 0 Å². The van der Waals surface area contributed by atoms with Crippen LogP contribution < -0.4 is 0 Å². The molecule has 0 saturated carbocycles. The summed E-state index contributed by atoms with van der Waals surface area (Å²) in [4.78, 5) is 0. The van der Waals surface area contributed by atoms with Crippen LogP contribution in [0.2, 0.25) is 0 Å². The zero-order valence-corrected chi connectivity index (χ0v) is 5.12. The predicted octanol–water partition coefficient (Wildman–Crippen LogP) is 0.447. The molecule has 0 N–H and O–H groups in total. The van der Waals surface area contributed by atoms with Gasteiger partial charge in [0.05, 0.1) is 0 Å². The minimum atomic E-state index is 1.10. The van der Waals surface area contributed by atoms with E-state index >= 15 is 0 Å². The standard InChI is InChI=1S/C2H4PSe/c1-2(3)4/h3H,1H3. The summed E-state index contributed by atoms with van der Waals surface area (Å²) in [6, 6.07) is 0. The Morgan fingerprint density at radius 1 is 2.00 bits per heavy atom. The number of hydrogen-bond acceptors (Lipinski definition) is 0. The molecule has 0 fully saturated rings. The van der Waals surface area contributed by atoms with E-state index in [2.05, 4.69) is 24.9 Å². The fourth-order valence-electron chi connectivity index (χ4n) is 0. The molecule has 2 heteroatoms. The van der Waals surface area contributed by atoms with Crippen molar-refractivity contribution >= 4 is 29.1 Å². The molecule has 0 amide bonds. The van der Waals surface area contributed by atoms with Gasteiger partial charge in [-0.2, -0.15) is 0 Å². The van der Waals surface area contributed by atoms with Crippen molar-refractivity contribution in [3.8, 4) is 0 Å². The molecule has 4 heavy (non-hydrogen) atoms. The Hall–Kier alpha value is 0.689.